The molecular formula is C12H19F2NO2. The Morgan fingerprint density at radius 2 is 2.00 bits per heavy atom. The SMILES string of the molecule is C/C=C(\CC)CC(F)(F)C(=O)N1CCOCC1. The van der Waals surface area contributed by atoms with Crippen molar-refractivity contribution in [1.82, 2.24) is 4.90 Å². The van der Waals surface area contributed by atoms with Crippen LogP contribution in [0.2, 0.25) is 0 Å². The van der Waals surface area contributed by atoms with Crippen LogP contribution in [0.1, 0.15) is 26.7 Å². The number of ether oxygens (including phenoxy) is 1. The summed E-state index contributed by atoms with van der Waals surface area (Å²) in [6.45, 7) is 4.72. The van der Waals surface area contributed by atoms with Crippen LogP contribution in [0.3, 0.4) is 0 Å². The smallest absolute Gasteiger partial charge is 0.328 e. The average molecular weight is 247 g/mol. The van der Waals surface area contributed by atoms with Gasteiger partial charge >= 0.3 is 5.92 Å². The number of carbonyl (C=O) groups is 1. The minimum atomic E-state index is -3.30. The Hall–Kier alpha value is -0.970. The minimum Gasteiger partial charge on any atom is -0.378 e. The molecular weight excluding hydrogens is 228 g/mol. The molecule has 1 amide bonds. The van der Waals surface area contributed by atoms with Crippen molar-refractivity contribution in [1.29, 1.82) is 0 Å². The lowest BCUT2D eigenvalue weighted by atomic mass is 10.0. The van der Waals surface area contributed by atoms with Crippen molar-refractivity contribution < 1.29 is 18.3 Å². The average Bonchev–Trinajstić information content (AvgIpc) is 2.36. The molecule has 1 aliphatic rings. The van der Waals surface area contributed by atoms with Crippen LogP contribution in [0.5, 0.6) is 0 Å². The van der Waals surface area contributed by atoms with Gasteiger partial charge in [0.1, 0.15) is 0 Å². The van der Waals surface area contributed by atoms with Crippen LogP contribution in [0, 0.1) is 0 Å². The second-order valence-corrected chi connectivity index (χ2v) is 4.09. The van der Waals surface area contributed by atoms with Gasteiger partial charge in [0.25, 0.3) is 5.91 Å². The number of amides is 1. The lowest BCUT2D eigenvalue weighted by Crippen LogP contribution is -2.48. The van der Waals surface area contributed by atoms with Gasteiger partial charge in [-0.1, -0.05) is 18.6 Å². The Balaban J connectivity index is 2.64. The number of nitrogens with zero attached hydrogens (tertiary/aromatic N) is 1. The number of morpholine rings is 1. The van der Waals surface area contributed by atoms with Gasteiger partial charge < -0.3 is 9.64 Å². The minimum absolute atomic E-state index is 0.256. The first-order valence-electron chi connectivity index (χ1n) is 5.90. The highest BCUT2D eigenvalue weighted by Gasteiger charge is 2.42. The van der Waals surface area contributed by atoms with Gasteiger partial charge in [0.05, 0.1) is 13.2 Å². The first-order valence-corrected chi connectivity index (χ1v) is 5.90. The van der Waals surface area contributed by atoms with Gasteiger partial charge in [-0.05, 0) is 13.3 Å². The molecule has 0 atom stereocenters. The van der Waals surface area contributed by atoms with Crippen LogP contribution >= 0.6 is 0 Å². The first kappa shape index (κ1) is 14.1. The predicted octanol–water partition coefficient (Wildman–Crippen LogP) is 2.23. The maximum Gasteiger partial charge on any atom is 0.328 e. The van der Waals surface area contributed by atoms with E-state index in [-0.39, 0.29) is 13.1 Å². The number of rotatable bonds is 4. The largest absolute Gasteiger partial charge is 0.378 e. The first-order chi connectivity index (χ1) is 8.01. The summed E-state index contributed by atoms with van der Waals surface area (Å²) in [5.41, 5.74) is 0.608. The van der Waals surface area contributed by atoms with E-state index in [0.29, 0.717) is 25.2 Å². The van der Waals surface area contributed by atoms with Crippen LogP contribution in [0.15, 0.2) is 11.6 Å². The zero-order valence-electron chi connectivity index (χ0n) is 10.3. The van der Waals surface area contributed by atoms with Crippen LogP contribution in [-0.2, 0) is 9.53 Å². The number of hydrogen-bond acceptors (Lipinski definition) is 2. The van der Waals surface area contributed by atoms with E-state index in [0.717, 1.165) is 0 Å². The van der Waals surface area contributed by atoms with E-state index < -0.39 is 18.3 Å². The molecule has 1 fully saturated rings. The van der Waals surface area contributed by atoms with Gasteiger partial charge in [-0.15, -0.1) is 0 Å². The van der Waals surface area contributed by atoms with Crippen LogP contribution in [0.25, 0.3) is 0 Å². The zero-order valence-corrected chi connectivity index (χ0v) is 10.3. The fourth-order valence-electron chi connectivity index (χ4n) is 1.79. The Morgan fingerprint density at radius 3 is 2.47 bits per heavy atom. The van der Waals surface area contributed by atoms with Crippen LogP contribution in [-0.4, -0.2) is 43.0 Å². The molecule has 1 aliphatic heterocycles. The molecule has 3 nitrogen and oxygen atoms in total. The van der Waals surface area contributed by atoms with E-state index in [1.807, 2.05) is 6.92 Å². The van der Waals surface area contributed by atoms with Crippen molar-refractivity contribution in [2.24, 2.45) is 0 Å². The fourth-order valence-corrected chi connectivity index (χ4v) is 1.79. The molecule has 0 unspecified atom stereocenters. The molecule has 0 bridgehead atoms. The molecule has 5 heteroatoms. The maximum atomic E-state index is 13.8. The summed E-state index contributed by atoms with van der Waals surface area (Å²) in [6.07, 6.45) is 1.72. The van der Waals surface area contributed by atoms with Crippen LogP contribution in [0.4, 0.5) is 8.78 Å². The third-order valence-electron chi connectivity index (χ3n) is 2.92. The molecule has 0 aliphatic carbocycles. The molecule has 1 saturated heterocycles. The molecule has 1 rings (SSSR count). The Labute approximate surface area is 100 Å². The second kappa shape index (κ2) is 6.10. The quantitative estimate of drug-likeness (QED) is 0.713. The molecule has 0 aromatic heterocycles. The van der Waals surface area contributed by atoms with Crippen molar-refractivity contribution >= 4 is 5.91 Å². The van der Waals surface area contributed by atoms with E-state index in [2.05, 4.69) is 0 Å². The van der Waals surface area contributed by atoms with E-state index >= 15 is 0 Å². The molecule has 0 aromatic carbocycles. The van der Waals surface area contributed by atoms with Gasteiger partial charge in [-0.2, -0.15) is 8.78 Å². The molecule has 0 N–H and O–H groups in total. The standard InChI is InChI=1S/C12H19F2NO2/c1-3-10(4-2)9-12(13,14)11(16)15-5-7-17-8-6-15/h3H,4-9H2,1-2H3/b10-3+. The number of alkyl halides is 2. The molecule has 0 saturated carbocycles. The topological polar surface area (TPSA) is 29.5 Å². The van der Waals surface area contributed by atoms with E-state index in [4.69, 9.17) is 4.74 Å². The normalized spacial score (nSPS) is 18.4. The van der Waals surface area contributed by atoms with Gasteiger partial charge in [0.2, 0.25) is 0 Å². The number of halogens is 2. The predicted molar refractivity (Wildman–Crippen MR) is 61.0 cm³/mol. The lowest BCUT2D eigenvalue weighted by Gasteiger charge is -2.30. The van der Waals surface area contributed by atoms with Crippen molar-refractivity contribution in [2.45, 2.75) is 32.6 Å². The van der Waals surface area contributed by atoms with Crippen molar-refractivity contribution in [3.05, 3.63) is 11.6 Å². The summed E-state index contributed by atoms with van der Waals surface area (Å²) in [4.78, 5) is 12.9. The lowest BCUT2D eigenvalue weighted by molar-refractivity contribution is -0.161. The molecule has 0 radical (unpaired) electrons. The zero-order chi connectivity index (χ0) is 12.9. The van der Waals surface area contributed by atoms with Gasteiger partial charge in [0.15, 0.2) is 0 Å². The Bertz CT molecular complexity index is 297. The summed E-state index contributed by atoms with van der Waals surface area (Å²) >= 11 is 0. The van der Waals surface area contributed by atoms with Gasteiger partial charge in [-0.25, -0.2) is 0 Å². The maximum absolute atomic E-state index is 13.8. The fraction of sp³-hybridized carbons (Fsp3) is 0.750. The summed E-state index contributed by atoms with van der Waals surface area (Å²) in [5.74, 6) is -4.37. The van der Waals surface area contributed by atoms with E-state index in [1.165, 1.54) is 4.90 Å². The molecule has 0 spiro atoms. The van der Waals surface area contributed by atoms with Crippen LogP contribution < -0.4 is 0 Å². The summed E-state index contributed by atoms with van der Waals surface area (Å²) in [6, 6.07) is 0. The molecule has 17 heavy (non-hydrogen) atoms. The highest BCUT2D eigenvalue weighted by atomic mass is 19.3. The monoisotopic (exact) mass is 247 g/mol. The van der Waals surface area contributed by atoms with E-state index in [9.17, 15) is 13.6 Å². The highest BCUT2D eigenvalue weighted by Crippen LogP contribution is 2.27. The number of hydrogen-bond donors (Lipinski definition) is 0. The molecule has 0 aromatic rings. The summed E-state index contributed by atoms with van der Waals surface area (Å²) in [7, 11) is 0. The Kier molecular flexibility index (Phi) is 5.05. The summed E-state index contributed by atoms with van der Waals surface area (Å²) in [5, 5.41) is 0. The van der Waals surface area contributed by atoms with Gasteiger partial charge in [-0.3, -0.25) is 4.79 Å². The van der Waals surface area contributed by atoms with Crippen molar-refractivity contribution in [2.75, 3.05) is 26.3 Å². The number of allylic oxidation sites excluding steroid dienone is 2. The molecule has 98 valence electrons. The highest BCUT2D eigenvalue weighted by molar-refractivity contribution is 5.83. The van der Waals surface area contributed by atoms with Crippen molar-refractivity contribution in [3.8, 4) is 0 Å². The third-order valence-corrected chi connectivity index (χ3v) is 2.92. The molecule has 1 heterocycles. The van der Waals surface area contributed by atoms with Crippen molar-refractivity contribution in [3.63, 3.8) is 0 Å². The van der Waals surface area contributed by atoms with E-state index in [1.54, 1.807) is 13.0 Å². The number of carbonyl (C=O) groups excluding carboxylic acids is 1. The second-order valence-electron chi connectivity index (χ2n) is 4.09. The Morgan fingerprint density at radius 1 is 1.41 bits per heavy atom. The summed E-state index contributed by atoms with van der Waals surface area (Å²) < 4.78 is 32.5. The van der Waals surface area contributed by atoms with Gasteiger partial charge in [0, 0.05) is 19.5 Å². The third kappa shape index (κ3) is 3.77.